The van der Waals surface area contributed by atoms with E-state index in [1.807, 2.05) is 6.92 Å². The normalized spacial score (nSPS) is 25.5. The van der Waals surface area contributed by atoms with Crippen molar-refractivity contribution in [2.45, 2.75) is 38.8 Å². The van der Waals surface area contributed by atoms with Crippen LogP contribution in [0.5, 0.6) is 0 Å². The SMILES string of the molecule is CCOC1CC(NC(=O)c2cc(Cl)ccc2F)(C(=O)O)C1(C)C. The van der Waals surface area contributed by atoms with Crippen LogP contribution in [0.2, 0.25) is 5.02 Å². The molecule has 0 heterocycles. The van der Waals surface area contributed by atoms with E-state index < -0.39 is 28.6 Å². The largest absolute Gasteiger partial charge is 0.479 e. The summed E-state index contributed by atoms with van der Waals surface area (Å²) in [5.74, 6) is -2.74. The van der Waals surface area contributed by atoms with Gasteiger partial charge in [-0.15, -0.1) is 0 Å². The molecule has 0 saturated heterocycles. The van der Waals surface area contributed by atoms with Crippen LogP contribution in [0.25, 0.3) is 0 Å². The summed E-state index contributed by atoms with van der Waals surface area (Å²) < 4.78 is 19.3. The van der Waals surface area contributed by atoms with Gasteiger partial charge in [0.25, 0.3) is 5.91 Å². The number of aliphatic carboxylic acids is 1. The van der Waals surface area contributed by atoms with Gasteiger partial charge >= 0.3 is 5.97 Å². The van der Waals surface area contributed by atoms with Gasteiger partial charge in [-0.05, 0) is 25.1 Å². The van der Waals surface area contributed by atoms with Crippen LogP contribution in [0.15, 0.2) is 18.2 Å². The average molecular weight is 344 g/mol. The average Bonchev–Trinajstić information content (AvgIpc) is 2.47. The number of hydrogen-bond donors (Lipinski definition) is 2. The minimum atomic E-state index is -1.52. The zero-order chi connectivity index (χ0) is 17.4. The number of nitrogens with one attached hydrogen (secondary N) is 1. The topological polar surface area (TPSA) is 75.6 Å². The Bertz CT molecular complexity index is 649. The van der Waals surface area contributed by atoms with Gasteiger partial charge in [0.2, 0.25) is 0 Å². The Morgan fingerprint density at radius 1 is 1.48 bits per heavy atom. The maximum Gasteiger partial charge on any atom is 0.330 e. The van der Waals surface area contributed by atoms with E-state index in [0.717, 1.165) is 6.07 Å². The van der Waals surface area contributed by atoms with Crippen molar-refractivity contribution < 1.29 is 23.8 Å². The Morgan fingerprint density at radius 3 is 2.65 bits per heavy atom. The number of carbonyl (C=O) groups excluding carboxylic acids is 1. The van der Waals surface area contributed by atoms with E-state index in [-0.39, 0.29) is 23.1 Å². The molecule has 2 rings (SSSR count). The predicted molar refractivity (Wildman–Crippen MR) is 83.1 cm³/mol. The first-order chi connectivity index (χ1) is 10.7. The van der Waals surface area contributed by atoms with Gasteiger partial charge in [0, 0.05) is 23.5 Å². The molecule has 126 valence electrons. The highest BCUT2D eigenvalue weighted by atomic mass is 35.5. The van der Waals surface area contributed by atoms with E-state index in [9.17, 15) is 19.1 Å². The number of carbonyl (C=O) groups is 2. The molecule has 2 unspecified atom stereocenters. The standard InChI is InChI=1S/C16H19ClFNO4/c1-4-23-12-8-16(14(21)22,15(12,2)3)19-13(20)10-7-9(17)5-6-11(10)18/h5-7,12H,4,8H2,1-3H3,(H,19,20)(H,21,22). The molecule has 1 aromatic rings. The number of benzene rings is 1. The molecule has 1 fully saturated rings. The first-order valence-electron chi connectivity index (χ1n) is 7.28. The molecule has 1 aliphatic carbocycles. The molecule has 2 atom stereocenters. The summed E-state index contributed by atoms with van der Waals surface area (Å²) in [6.45, 7) is 5.68. The molecule has 0 radical (unpaired) electrons. The fourth-order valence-electron chi connectivity index (χ4n) is 2.97. The van der Waals surface area contributed by atoms with Crippen LogP contribution in [0.1, 0.15) is 37.6 Å². The zero-order valence-corrected chi connectivity index (χ0v) is 13.9. The van der Waals surface area contributed by atoms with Crippen LogP contribution in [0.4, 0.5) is 4.39 Å². The molecule has 0 bridgehead atoms. The van der Waals surface area contributed by atoms with Crippen LogP contribution in [-0.2, 0) is 9.53 Å². The molecule has 1 aliphatic rings. The molecular formula is C16H19ClFNO4. The van der Waals surface area contributed by atoms with Crippen LogP contribution in [0.3, 0.4) is 0 Å². The summed E-state index contributed by atoms with van der Waals surface area (Å²) in [5.41, 5.74) is -2.63. The number of carboxylic acid groups (broad SMARTS) is 1. The lowest BCUT2D eigenvalue weighted by Gasteiger charge is -2.58. The van der Waals surface area contributed by atoms with Crippen LogP contribution in [-0.4, -0.2) is 35.2 Å². The van der Waals surface area contributed by atoms with Crippen molar-refractivity contribution in [2.24, 2.45) is 5.41 Å². The zero-order valence-electron chi connectivity index (χ0n) is 13.2. The number of hydrogen-bond acceptors (Lipinski definition) is 3. The Balaban J connectivity index is 2.30. The maximum absolute atomic E-state index is 13.8. The minimum absolute atomic E-state index is 0.122. The van der Waals surface area contributed by atoms with E-state index >= 15 is 0 Å². The lowest BCUT2D eigenvalue weighted by Crippen LogP contribution is -2.76. The van der Waals surface area contributed by atoms with E-state index in [4.69, 9.17) is 16.3 Å². The third-order valence-corrected chi connectivity index (χ3v) is 4.86. The summed E-state index contributed by atoms with van der Waals surface area (Å²) in [5, 5.41) is 12.3. The van der Waals surface area contributed by atoms with Crippen LogP contribution in [0, 0.1) is 11.2 Å². The number of rotatable bonds is 5. The number of ether oxygens (including phenoxy) is 1. The summed E-state index contributed by atoms with van der Waals surface area (Å²) in [6, 6.07) is 3.56. The van der Waals surface area contributed by atoms with Gasteiger partial charge in [0.05, 0.1) is 11.7 Å². The molecule has 2 N–H and O–H groups in total. The first kappa shape index (κ1) is 17.7. The summed E-state index contributed by atoms with van der Waals surface area (Å²) in [4.78, 5) is 24.2. The smallest absolute Gasteiger partial charge is 0.330 e. The van der Waals surface area contributed by atoms with Crippen molar-refractivity contribution >= 4 is 23.5 Å². The van der Waals surface area contributed by atoms with Gasteiger partial charge in [-0.1, -0.05) is 25.4 Å². The Morgan fingerprint density at radius 2 is 2.13 bits per heavy atom. The number of amides is 1. The predicted octanol–water partition coefficient (Wildman–Crippen LogP) is 2.87. The Kier molecular flexibility index (Phi) is 4.69. The second kappa shape index (κ2) is 6.09. The van der Waals surface area contributed by atoms with Gasteiger partial charge < -0.3 is 15.2 Å². The van der Waals surface area contributed by atoms with Crippen molar-refractivity contribution in [2.75, 3.05) is 6.61 Å². The minimum Gasteiger partial charge on any atom is -0.479 e. The lowest BCUT2D eigenvalue weighted by molar-refractivity contribution is -0.190. The van der Waals surface area contributed by atoms with Crippen molar-refractivity contribution in [3.05, 3.63) is 34.6 Å². The van der Waals surface area contributed by atoms with E-state index in [0.29, 0.717) is 6.61 Å². The molecule has 1 amide bonds. The van der Waals surface area contributed by atoms with Crippen molar-refractivity contribution in [3.8, 4) is 0 Å². The van der Waals surface area contributed by atoms with Crippen molar-refractivity contribution in [1.82, 2.24) is 5.32 Å². The molecule has 23 heavy (non-hydrogen) atoms. The highest BCUT2D eigenvalue weighted by Gasteiger charge is 2.66. The number of halogens is 2. The summed E-state index contributed by atoms with van der Waals surface area (Å²) in [7, 11) is 0. The van der Waals surface area contributed by atoms with Crippen LogP contribution < -0.4 is 5.32 Å². The maximum atomic E-state index is 13.8. The van der Waals surface area contributed by atoms with E-state index in [1.165, 1.54) is 12.1 Å². The Hall–Kier alpha value is -1.66. The fourth-order valence-corrected chi connectivity index (χ4v) is 3.14. The van der Waals surface area contributed by atoms with E-state index in [2.05, 4.69) is 5.32 Å². The summed E-state index contributed by atoms with van der Waals surface area (Å²) >= 11 is 5.78. The summed E-state index contributed by atoms with van der Waals surface area (Å²) in [6.07, 6.45) is -0.176. The van der Waals surface area contributed by atoms with Gasteiger partial charge in [-0.3, -0.25) is 4.79 Å². The molecule has 0 aliphatic heterocycles. The van der Waals surface area contributed by atoms with Gasteiger partial charge in [-0.2, -0.15) is 0 Å². The van der Waals surface area contributed by atoms with Gasteiger partial charge in [0.15, 0.2) is 0 Å². The van der Waals surface area contributed by atoms with Crippen LogP contribution >= 0.6 is 11.6 Å². The fraction of sp³-hybridized carbons (Fsp3) is 0.500. The molecule has 0 spiro atoms. The third kappa shape index (κ3) is 2.81. The quantitative estimate of drug-likeness (QED) is 0.862. The highest BCUT2D eigenvalue weighted by molar-refractivity contribution is 6.31. The van der Waals surface area contributed by atoms with E-state index in [1.54, 1.807) is 13.8 Å². The molecule has 5 nitrogen and oxygen atoms in total. The number of carboxylic acids is 1. The first-order valence-corrected chi connectivity index (χ1v) is 7.66. The molecule has 7 heteroatoms. The van der Waals surface area contributed by atoms with Crippen molar-refractivity contribution in [3.63, 3.8) is 0 Å². The monoisotopic (exact) mass is 343 g/mol. The highest BCUT2D eigenvalue weighted by Crippen LogP contribution is 2.51. The second-order valence-corrected chi connectivity index (χ2v) is 6.60. The van der Waals surface area contributed by atoms with Gasteiger partial charge in [-0.25, -0.2) is 9.18 Å². The van der Waals surface area contributed by atoms with Crippen molar-refractivity contribution in [1.29, 1.82) is 0 Å². The second-order valence-electron chi connectivity index (χ2n) is 6.16. The van der Waals surface area contributed by atoms with Gasteiger partial charge in [0.1, 0.15) is 11.4 Å². The lowest BCUT2D eigenvalue weighted by atomic mass is 9.54. The molecule has 1 saturated carbocycles. The Labute approximate surface area is 138 Å². The third-order valence-electron chi connectivity index (χ3n) is 4.63. The molecule has 1 aromatic carbocycles. The molecular weight excluding hydrogens is 325 g/mol. The molecule has 0 aromatic heterocycles.